The molecular formula is C21H29FN2O. The molecule has 1 N–H and O–H groups in total. The van der Waals surface area contributed by atoms with Crippen LogP contribution in [0.15, 0.2) is 18.2 Å². The van der Waals surface area contributed by atoms with Gasteiger partial charge in [-0.15, -0.1) is 0 Å². The lowest BCUT2D eigenvalue weighted by atomic mass is 9.68. The van der Waals surface area contributed by atoms with Crippen molar-refractivity contribution in [1.82, 2.24) is 5.32 Å². The van der Waals surface area contributed by atoms with Crippen LogP contribution in [0.3, 0.4) is 0 Å². The van der Waals surface area contributed by atoms with E-state index in [1.54, 1.807) is 6.07 Å². The predicted molar refractivity (Wildman–Crippen MR) is 98.3 cm³/mol. The zero-order chi connectivity index (χ0) is 17.4. The summed E-state index contributed by atoms with van der Waals surface area (Å²) in [6.07, 6.45) is 8.44. The maximum atomic E-state index is 14.1. The van der Waals surface area contributed by atoms with E-state index < -0.39 is 0 Å². The third-order valence-electron chi connectivity index (χ3n) is 6.72. The Morgan fingerprint density at radius 2 is 2.08 bits per heavy atom. The largest absolute Gasteiger partial charge is 0.317 e. The molecule has 1 aromatic rings. The Hall–Kier alpha value is -1.42. The van der Waals surface area contributed by atoms with Crippen LogP contribution < -0.4 is 10.2 Å². The van der Waals surface area contributed by atoms with Crippen molar-refractivity contribution < 1.29 is 9.18 Å². The lowest BCUT2D eigenvalue weighted by Crippen LogP contribution is -2.53. The second-order valence-electron chi connectivity index (χ2n) is 8.06. The van der Waals surface area contributed by atoms with Crippen molar-refractivity contribution in [2.75, 3.05) is 18.0 Å². The van der Waals surface area contributed by atoms with E-state index in [-0.39, 0.29) is 29.1 Å². The highest BCUT2D eigenvalue weighted by Crippen LogP contribution is 2.53. The number of anilines is 1. The number of nitrogens with one attached hydrogen (secondary N) is 1. The van der Waals surface area contributed by atoms with E-state index in [9.17, 15) is 9.18 Å². The van der Waals surface area contributed by atoms with Crippen LogP contribution in [0.1, 0.15) is 63.9 Å². The van der Waals surface area contributed by atoms with Gasteiger partial charge in [-0.1, -0.05) is 26.2 Å². The fraction of sp³-hybridized carbons (Fsp3) is 0.667. The van der Waals surface area contributed by atoms with Gasteiger partial charge in [-0.2, -0.15) is 0 Å². The molecule has 1 amide bonds. The van der Waals surface area contributed by atoms with Crippen LogP contribution in [0.25, 0.3) is 0 Å². The number of benzene rings is 1. The lowest BCUT2D eigenvalue weighted by Gasteiger charge is -2.43. The van der Waals surface area contributed by atoms with Crippen molar-refractivity contribution in [3.05, 3.63) is 29.6 Å². The number of rotatable bonds is 4. The summed E-state index contributed by atoms with van der Waals surface area (Å²) in [4.78, 5) is 15.4. The molecule has 1 spiro atoms. The Labute approximate surface area is 150 Å². The molecule has 1 saturated heterocycles. The van der Waals surface area contributed by atoms with Gasteiger partial charge in [-0.3, -0.25) is 4.79 Å². The van der Waals surface area contributed by atoms with Crippen molar-refractivity contribution >= 4 is 11.6 Å². The molecule has 3 nitrogen and oxygen atoms in total. The van der Waals surface area contributed by atoms with E-state index in [1.807, 2.05) is 6.07 Å². The summed E-state index contributed by atoms with van der Waals surface area (Å²) in [5.41, 5.74) is 2.00. The smallest absolute Gasteiger partial charge is 0.230 e. The van der Waals surface area contributed by atoms with E-state index >= 15 is 0 Å². The quantitative estimate of drug-likeness (QED) is 0.890. The first kappa shape index (κ1) is 17.0. The summed E-state index contributed by atoms with van der Waals surface area (Å²) >= 11 is 0. The molecule has 3 aliphatic rings. The van der Waals surface area contributed by atoms with E-state index in [4.69, 9.17) is 0 Å². The second kappa shape index (κ2) is 6.71. The molecule has 1 atom stereocenters. The molecule has 0 aromatic heterocycles. The Balaban J connectivity index is 1.79. The van der Waals surface area contributed by atoms with Crippen LogP contribution >= 0.6 is 0 Å². The summed E-state index contributed by atoms with van der Waals surface area (Å²) < 4.78 is 14.1. The van der Waals surface area contributed by atoms with E-state index in [0.717, 1.165) is 75.7 Å². The van der Waals surface area contributed by atoms with E-state index in [0.29, 0.717) is 0 Å². The van der Waals surface area contributed by atoms with Crippen molar-refractivity contribution in [3.8, 4) is 0 Å². The molecule has 1 saturated carbocycles. The summed E-state index contributed by atoms with van der Waals surface area (Å²) in [5.74, 6) is 0.290. The van der Waals surface area contributed by atoms with Crippen molar-refractivity contribution in [2.45, 2.75) is 69.7 Å². The monoisotopic (exact) mass is 344 g/mol. The number of carbonyl (C=O) groups excluding carboxylic acids is 1. The molecule has 4 rings (SSSR count). The molecule has 136 valence electrons. The maximum Gasteiger partial charge on any atom is 0.230 e. The predicted octanol–water partition coefficient (Wildman–Crippen LogP) is 4.15. The van der Waals surface area contributed by atoms with Gasteiger partial charge in [0.2, 0.25) is 5.91 Å². The van der Waals surface area contributed by atoms with Crippen LogP contribution in [-0.4, -0.2) is 25.0 Å². The number of amides is 1. The normalized spacial score (nSPS) is 25.0. The van der Waals surface area contributed by atoms with Crippen molar-refractivity contribution in [1.29, 1.82) is 0 Å². The Bertz CT molecular complexity index is 649. The van der Waals surface area contributed by atoms with Crippen molar-refractivity contribution in [2.24, 2.45) is 5.92 Å². The van der Waals surface area contributed by atoms with Crippen molar-refractivity contribution in [3.63, 3.8) is 0 Å². The Morgan fingerprint density at radius 1 is 1.32 bits per heavy atom. The number of hydrogen-bond acceptors (Lipinski definition) is 2. The van der Waals surface area contributed by atoms with Gasteiger partial charge in [0.25, 0.3) is 0 Å². The average Bonchev–Trinajstić information content (AvgIpc) is 2.81. The molecule has 1 aliphatic carbocycles. The SMILES string of the molecule is CCCC[C@H]1N(C(=O)C2CCC2)c2ccc(F)cc2C12CCNCC2. The fourth-order valence-electron chi connectivity index (χ4n) is 5.11. The molecule has 0 radical (unpaired) electrons. The van der Waals surface area contributed by atoms with Crippen LogP contribution in [-0.2, 0) is 10.2 Å². The van der Waals surface area contributed by atoms with Crippen LogP contribution in [0, 0.1) is 11.7 Å². The molecule has 2 aliphatic heterocycles. The molecule has 2 fully saturated rings. The van der Waals surface area contributed by atoms with Gasteiger partial charge in [0.15, 0.2) is 0 Å². The third-order valence-corrected chi connectivity index (χ3v) is 6.72. The number of fused-ring (bicyclic) bond motifs is 2. The number of piperidine rings is 1. The molecule has 0 unspecified atom stereocenters. The van der Waals surface area contributed by atoms with Gasteiger partial charge in [-0.25, -0.2) is 4.39 Å². The van der Waals surface area contributed by atoms with Gasteiger partial charge in [0.1, 0.15) is 5.82 Å². The molecule has 25 heavy (non-hydrogen) atoms. The zero-order valence-electron chi connectivity index (χ0n) is 15.2. The second-order valence-corrected chi connectivity index (χ2v) is 8.06. The number of hydrogen-bond donors (Lipinski definition) is 1. The van der Waals surface area contributed by atoms with Gasteiger partial charge < -0.3 is 10.2 Å². The van der Waals surface area contributed by atoms with E-state index in [2.05, 4.69) is 17.1 Å². The van der Waals surface area contributed by atoms with Gasteiger partial charge >= 0.3 is 0 Å². The Kier molecular flexibility index (Phi) is 4.57. The lowest BCUT2D eigenvalue weighted by molar-refractivity contribution is -0.125. The minimum atomic E-state index is -0.177. The maximum absolute atomic E-state index is 14.1. The van der Waals surface area contributed by atoms with Crippen LogP contribution in [0.4, 0.5) is 10.1 Å². The fourth-order valence-corrected chi connectivity index (χ4v) is 5.11. The molecule has 4 heteroatoms. The topological polar surface area (TPSA) is 32.3 Å². The van der Waals surface area contributed by atoms with Crippen LogP contribution in [0.5, 0.6) is 0 Å². The first-order chi connectivity index (χ1) is 12.2. The average molecular weight is 344 g/mol. The zero-order valence-corrected chi connectivity index (χ0v) is 15.2. The third kappa shape index (κ3) is 2.69. The summed E-state index contributed by atoms with van der Waals surface area (Å²) in [7, 11) is 0. The highest BCUT2D eigenvalue weighted by atomic mass is 19.1. The number of unbranched alkanes of at least 4 members (excludes halogenated alkanes) is 1. The van der Waals surface area contributed by atoms with Crippen LogP contribution in [0.2, 0.25) is 0 Å². The molecule has 1 aromatic carbocycles. The first-order valence-electron chi connectivity index (χ1n) is 10.0. The molecule has 2 heterocycles. The Morgan fingerprint density at radius 3 is 2.72 bits per heavy atom. The molecular weight excluding hydrogens is 315 g/mol. The minimum Gasteiger partial charge on any atom is -0.317 e. The summed E-state index contributed by atoms with van der Waals surface area (Å²) in [6.45, 7) is 4.10. The van der Waals surface area contributed by atoms with E-state index in [1.165, 1.54) is 6.07 Å². The standard InChI is InChI=1S/C21H29FN2O/c1-2-3-7-19-21(10-12-23-13-11-21)17-14-16(22)8-9-18(17)24(19)20(25)15-5-4-6-15/h8-9,14-15,19,23H,2-7,10-13H2,1H3/t19-/m1/s1. The highest BCUT2D eigenvalue weighted by molar-refractivity contribution is 5.99. The van der Waals surface area contributed by atoms with Gasteiger partial charge in [0.05, 0.1) is 0 Å². The highest BCUT2D eigenvalue weighted by Gasteiger charge is 2.53. The number of nitrogens with zero attached hydrogens (tertiary/aromatic N) is 1. The summed E-state index contributed by atoms with van der Waals surface area (Å²) in [6, 6.07) is 5.29. The first-order valence-corrected chi connectivity index (χ1v) is 10.0. The molecule has 0 bridgehead atoms. The minimum absolute atomic E-state index is 0.0722. The number of halogens is 1. The van der Waals surface area contributed by atoms with Gasteiger partial charge in [-0.05, 0) is 69.0 Å². The number of carbonyl (C=O) groups is 1. The summed E-state index contributed by atoms with van der Waals surface area (Å²) in [5, 5.41) is 3.45. The van der Waals surface area contributed by atoms with Gasteiger partial charge in [0, 0.05) is 23.1 Å².